The Hall–Kier alpha value is -3.34. The molecular formula is C25H34N2O8. The average Bonchev–Trinajstić information content (AvgIpc) is 2.86. The Kier molecular flexibility index (Phi) is 11.8. The third-order valence-electron chi connectivity index (χ3n) is 5.29. The second kappa shape index (κ2) is 14.8. The first-order valence-corrected chi connectivity index (χ1v) is 11.4. The van der Waals surface area contributed by atoms with Crippen molar-refractivity contribution in [3.63, 3.8) is 0 Å². The fraction of sp³-hybridized carbons (Fsp3) is 0.440. The molecule has 1 atom stereocenters. The van der Waals surface area contributed by atoms with Gasteiger partial charge in [0.2, 0.25) is 0 Å². The molecule has 0 radical (unpaired) electrons. The summed E-state index contributed by atoms with van der Waals surface area (Å²) in [6.07, 6.45) is -0.507. The number of anilines is 1. The molecule has 2 aromatic carbocycles. The zero-order valence-electron chi connectivity index (χ0n) is 20.1. The summed E-state index contributed by atoms with van der Waals surface area (Å²) in [6.45, 7) is 7.68. The highest BCUT2D eigenvalue weighted by atomic mass is 16.5. The zero-order chi connectivity index (χ0) is 25.6. The Bertz CT molecular complexity index is 919. The van der Waals surface area contributed by atoms with Gasteiger partial charge < -0.3 is 34.4 Å². The van der Waals surface area contributed by atoms with Gasteiger partial charge in [0, 0.05) is 38.3 Å². The fourth-order valence-electron chi connectivity index (χ4n) is 3.65. The maximum Gasteiger partial charge on any atom is 0.414 e. The van der Waals surface area contributed by atoms with Crippen LogP contribution in [0.4, 0.5) is 5.69 Å². The lowest BCUT2D eigenvalue weighted by Crippen LogP contribution is -2.49. The summed E-state index contributed by atoms with van der Waals surface area (Å²) in [6, 6.07) is 16.0. The SMILES string of the molecule is CCOc1ccccc1N1CCN(CC(O)COCc2ccccc2OC)CC1.O=C(O)C(=O)O. The summed E-state index contributed by atoms with van der Waals surface area (Å²) in [5.74, 6) is -1.90. The van der Waals surface area contributed by atoms with E-state index in [0.717, 1.165) is 48.9 Å². The van der Waals surface area contributed by atoms with Crippen molar-refractivity contribution in [1.82, 2.24) is 4.90 Å². The van der Waals surface area contributed by atoms with E-state index in [-0.39, 0.29) is 0 Å². The van der Waals surface area contributed by atoms with Crippen LogP contribution in [0, 0.1) is 0 Å². The van der Waals surface area contributed by atoms with Crippen molar-refractivity contribution in [2.24, 2.45) is 0 Å². The van der Waals surface area contributed by atoms with Crippen LogP contribution in [0.25, 0.3) is 0 Å². The van der Waals surface area contributed by atoms with Crippen LogP contribution in [0.2, 0.25) is 0 Å². The fourth-order valence-corrected chi connectivity index (χ4v) is 3.65. The van der Waals surface area contributed by atoms with Crippen LogP contribution in [0.5, 0.6) is 11.5 Å². The van der Waals surface area contributed by atoms with Gasteiger partial charge in [-0.1, -0.05) is 30.3 Å². The van der Waals surface area contributed by atoms with Crippen LogP contribution in [0.1, 0.15) is 12.5 Å². The lowest BCUT2D eigenvalue weighted by molar-refractivity contribution is -0.159. The summed E-state index contributed by atoms with van der Waals surface area (Å²) in [4.78, 5) is 22.8. The first-order chi connectivity index (χ1) is 16.8. The van der Waals surface area contributed by atoms with Crippen molar-refractivity contribution in [3.8, 4) is 11.5 Å². The van der Waals surface area contributed by atoms with E-state index >= 15 is 0 Å². The number of β-amino-alcohol motifs (C(OH)–C–C–N with tert-alkyl or cyclic N) is 1. The van der Waals surface area contributed by atoms with E-state index in [1.54, 1.807) is 7.11 Å². The Labute approximate surface area is 205 Å². The van der Waals surface area contributed by atoms with E-state index in [4.69, 9.17) is 34.0 Å². The van der Waals surface area contributed by atoms with Gasteiger partial charge in [-0.2, -0.15) is 0 Å². The number of hydrogen-bond acceptors (Lipinski definition) is 8. The summed E-state index contributed by atoms with van der Waals surface area (Å²) < 4.78 is 16.8. The van der Waals surface area contributed by atoms with Gasteiger partial charge >= 0.3 is 11.9 Å². The standard InChI is InChI=1S/C23H32N2O4.C2H2O4/c1-3-29-23-11-7-5-9-21(23)25-14-12-24(13-15-25)16-20(26)18-28-17-19-8-4-6-10-22(19)27-2;3-1(4)2(5)6/h4-11,20,26H,3,12-18H2,1-2H3;(H,3,4)(H,5,6). The number of hydrogen-bond donors (Lipinski definition) is 3. The van der Waals surface area contributed by atoms with E-state index in [1.165, 1.54) is 0 Å². The van der Waals surface area contributed by atoms with Gasteiger partial charge in [0.1, 0.15) is 11.5 Å². The van der Waals surface area contributed by atoms with E-state index in [1.807, 2.05) is 49.4 Å². The van der Waals surface area contributed by atoms with Crippen LogP contribution in [-0.2, 0) is 20.9 Å². The lowest BCUT2D eigenvalue weighted by atomic mass is 10.2. The molecule has 2 aromatic rings. The second-order valence-electron chi connectivity index (χ2n) is 7.78. The number of rotatable bonds is 10. The van der Waals surface area contributed by atoms with Crippen molar-refractivity contribution >= 4 is 17.6 Å². The van der Waals surface area contributed by atoms with Crippen molar-refractivity contribution in [2.75, 3.05) is 57.9 Å². The molecular weight excluding hydrogens is 456 g/mol. The normalized spacial score (nSPS) is 14.4. The number of para-hydroxylation sites is 3. The molecule has 1 fully saturated rings. The van der Waals surface area contributed by atoms with Crippen LogP contribution in [0.15, 0.2) is 48.5 Å². The van der Waals surface area contributed by atoms with Crippen LogP contribution >= 0.6 is 0 Å². The Morgan fingerprint density at radius 2 is 1.54 bits per heavy atom. The molecule has 0 aliphatic carbocycles. The monoisotopic (exact) mass is 490 g/mol. The molecule has 0 bridgehead atoms. The minimum Gasteiger partial charge on any atom is -0.496 e. The molecule has 1 aliphatic heterocycles. The highest BCUT2D eigenvalue weighted by Crippen LogP contribution is 2.28. The number of methoxy groups -OCH3 is 1. The predicted octanol–water partition coefficient (Wildman–Crippen LogP) is 1.95. The van der Waals surface area contributed by atoms with Crippen LogP contribution in [0.3, 0.4) is 0 Å². The third kappa shape index (κ3) is 9.44. The van der Waals surface area contributed by atoms with Crippen molar-refractivity contribution in [1.29, 1.82) is 0 Å². The van der Waals surface area contributed by atoms with Gasteiger partial charge in [-0.25, -0.2) is 9.59 Å². The number of aliphatic hydroxyl groups excluding tert-OH is 1. The minimum atomic E-state index is -1.82. The molecule has 10 nitrogen and oxygen atoms in total. The molecule has 3 N–H and O–H groups in total. The number of carbonyl (C=O) groups is 2. The van der Waals surface area contributed by atoms with Gasteiger partial charge in [-0.15, -0.1) is 0 Å². The number of carboxylic acid groups (broad SMARTS) is 2. The van der Waals surface area contributed by atoms with Crippen LogP contribution in [-0.4, -0.2) is 91.3 Å². The molecule has 0 aromatic heterocycles. The molecule has 1 aliphatic rings. The average molecular weight is 491 g/mol. The predicted molar refractivity (Wildman–Crippen MR) is 130 cm³/mol. The number of ether oxygens (including phenoxy) is 3. The largest absolute Gasteiger partial charge is 0.496 e. The van der Waals surface area contributed by atoms with Gasteiger partial charge in [0.25, 0.3) is 0 Å². The summed E-state index contributed by atoms with van der Waals surface area (Å²) in [5.41, 5.74) is 2.14. The highest BCUT2D eigenvalue weighted by molar-refractivity contribution is 6.27. The molecule has 0 spiro atoms. The van der Waals surface area contributed by atoms with Crippen molar-refractivity contribution < 1.29 is 39.1 Å². The van der Waals surface area contributed by atoms with Crippen LogP contribution < -0.4 is 14.4 Å². The first kappa shape index (κ1) is 27.9. The van der Waals surface area contributed by atoms with Crippen molar-refractivity contribution in [3.05, 3.63) is 54.1 Å². The summed E-state index contributed by atoms with van der Waals surface area (Å²) in [7, 11) is 1.65. The number of benzene rings is 2. The smallest absolute Gasteiger partial charge is 0.414 e. The molecule has 0 amide bonds. The van der Waals surface area contributed by atoms with E-state index in [9.17, 15) is 5.11 Å². The van der Waals surface area contributed by atoms with E-state index in [0.29, 0.717) is 26.4 Å². The molecule has 1 unspecified atom stereocenters. The number of aliphatic hydroxyl groups is 1. The Morgan fingerprint density at radius 1 is 0.943 bits per heavy atom. The maximum absolute atomic E-state index is 10.4. The van der Waals surface area contributed by atoms with Gasteiger partial charge in [-0.05, 0) is 25.1 Å². The number of piperazine rings is 1. The summed E-state index contributed by atoms with van der Waals surface area (Å²) in [5, 5.41) is 25.2. The van der Waals surface area contributed by atoms with E-state index < -0.39 is 18.0 Å². The van der Waals surface area contributed by atoms with Crippen molar-refractivity contribution in [2.45, 2.75) is 19.6 Å². The highest BCUT2D eigenvalue weighted by Gasteiger charge is 2.21. The molecule has 3 rings (SSSR count). The van der Waals surface area contributed by atoms with Gasteiger partial charge in [0.15, 0.2) is 0 Å². The molecule has 192 valence electrons. The number of nitrogens with zero attached hydrogens (tertiary/aromatic N) is 2. The topological polar surface area (TPSA) is 129 Å². The molecule has 10 heteroatoms. The maximum atomic E-state index is 10.4. The zero-order valence-corrected chi connectivity index (χ0v) is 20.1. The number of carboxylic acids is 2. The quantitative estimate of drug-likeness (QED) is 0.425. The van der Waals surface area contributed by atoms with Gasteiger partial charge in [-0.3, -0.25) is 4.90 Å². The second-order valence-corrected chi connectivity index (χ2v) is 7.78. The number of aliphatic carboxylic acids is 2. The minimum absolute atomic E-state index is 0.311. The molecule has 1 heterocycles. The Morgan fingerprint density at radius 3 is 2.14 bits per heavy atom. The lowest BCUT2D eigenvalue weighted by Gasteiger charge is -2.37. The van der Waals surface area contributed by atoms with E-state index in [2.05, 4.69) is 15.9 Å². The summed E-state index contributed by atoms with van der Waals surface area (Å²) >= 11 is 0. The first-order valence-electron chi connectivity index (χ1n) is 11.4. The van der Waals surface area contributed by atoms with Gasteiger partial charge in [0.05, 0.1) is 38.7 Å². The molecule has 1 saturated heterocycles. The Balaban J connectivity index is 0.000000641. The third-order valence-corrected chi connectivity index (χ3v) is 5.29. The molecule has 0 saturated carbocycles. The molecule has 35 heavy (non-hydrogen) atoms.